The van der Waals surface area contributed by atoms with E-state index in [0.29, 0.717) is 35.9 Å². The highest BCUT2D eigenvalue weighted by Gasteiger charge is 2.25. The van der Waals surface area contributed by atoms with Gasteiger partial charge in [0.2, 0.25) is 5.91 Å². The van der Waals surface area contributed by atoms with Crippen LogP contribution in [0.1, 0.15) is 50.4 Å². The van der Waals surface area contributed by atoms with E-state index < -0.39 is 11.2 Å². The van der Waals surface area contributed by atoms with Gasteiger partial charge in [-0.1, -0.05) is 26.0 Å². The molecule has 0 aliphatic carbocycles. The second kappa shape index (κ2) is 9.78. The van der Waals surface area contributed by atoms with Gasteiger partial charge in [-0.15, -0.1) is 11.8 Å². The lowest BCUT2D eigenvalue weighted by molar-refractivity contribution is -0.136. The molecule has 1 aromatic carbocycles. The molecule has 1 fully saturated rings. The summed E-state index contributed by atoms with van der Waals surface area (Å²) in [5.41, 5.74) is 0.494. The second-order valence-corrected chi connectivity index (χ2v) is 8.70. The van der Waals surface area contributed by atoms with Crippen LogP contribution in [-0.4, -0.2) is 52.2 Å². The third kappa shape index (κ3) is 6.27. The predicted octanol–water partition coefficient (Wildman–Crippen LogP) is 3.02. The molecular weight excluding hydrogens is 364 g/mol. The van der Waals surface area contributed by atoms with E-state index in [2.05, 4.69) is 5.32 Å². The number of piperidine rings is 1. The Morgan fingerprint density at radius 1 is 1.19 bits per heavy atom. The van der Waals surface area contributed by atoms with Crippen LogP contribution in [0.25, 0.3) is 0 Å². The number of thioether (sulfide) groups is 1. The smallest absolute Gasteiger partial charge is 0.316 e. The minimum absolute atomic E-state index is 0.0237. The van der Waals surface area contributed by atoms with Gasteiger partial charge in [-0.3, -0.25) is 14.4 Å². The molecule has 1 aliphatic heterocycles. The number of likely N-dealkylation sites (tertiary alicyclic amines) is 1. The van der Waals surface area contributed by atoms with Crippen molar-refractivity contribution in [2.75, 3.05) is 13.1 Å². The molecule has 1 unspecified atom stereocenters. The van der Waals surface area contributed by atoms with Crippen molar-refractivity contribution in [3.05, 3.63) is 29.8 Å². The number of benzene rings is 1. The number of hydrogen-bond donors (Lipinski definition) is 2. The van der Waals surface area contributed by atoms with Gasteiger partial charge in [0.15, 0.2) is 0 Å². The van der Waals surface area contributed by atoms with E-state index in [1.807, 2.05) is 18.7 Å². The van der Waals surface area contributed by atoms with Gasteiger partial charge < -0.3 is 15.3 Å². The molecule has 7 heteroatoms. The average molecular weight is 393 g/mol. The highest BCUT2D eigenvalue weighted by molar-refractivity contribution is 8.00. The van der Waals surface area contributed by atoms with Crippen LogP contribution >= 0.6 is 11.8 Å². The molecule has 0 bridgehead atoms. The molecule has 6 nitrogen and oxygen atoms in total. The Hall–Kier alpha value is -2.02. The second-order valence-electron chi connectivity index (χ2n) is 7.32. The SMILES string of the molecule is CC(C)CC(=O)N1CCC(NC(=O)c2ccccc2SC(C)C(=O)O)CC1. The summed E-state index contributed by atoms with van der Waals surface area (Å²) in [5.74, 6) is -0.576. The van der Waals surface area contributed by atoms with E-state index in [-0.39, 0.29) is 17.9 Å². The summed E-state index contributed by atoms with van der Waals surface area (Å²) in [4.78, 5) is 38.5. The summed E-state index contributed by atoms with van der Waals surface area (Å²) in [6.07, 6.45) is 2.02. The van der Waals surface area contributed by atoms with Gasteiger partial charge in [0, 0.05) is 30.4 Å². The van der Waals surface area contributed by atoms with Gasteiger partial charge in [0.25, 0.3) is 5.91 Å². The van der Waals surface area contributed by atoms with Crippen LogP contribution in [0.15, 0.2) is 29.2 Å². The number of amides is 2. The fraction of sp³-hybridized carbons (Fsp3) is 0.550. The summed E-state index contributed by atoms with van der Waals surface area (Å²) in [5, 5.41) is 11.5. The number of nitrogens with zero attached hydrogens (tertiary/aromatic N) is 1. The average Bonchev–Trinajstić information content (AvgIpc) is 2.62. The van der Waals surface area contributed by atoms with Crippen molar-refractivity contribution in [3.63, 3.8) is 0 Å². The van der Waals surface area contributed by atoms with Crippen LogP contribution in [0.5, 0.6) is 0 Å². The number of carbonyl (C=O) groups is 3. The Labute approximate surface area is 164 Å². The van der Waals surface area contributed by atoms with Gasteiger partial charge in [0.05, 0.1) is 5.56 Å². The fourth-order valence-corrected chi connectivity index (χ4v) is 3.94. The number of carboxylic acid groups (broad SMARTS) is 1. The normalized spacial score (nSPS) is 16.2. The van der Waals surface area contributed by atoms with Gasteiger partial charge in [-0.2, -0.15) is 0 Å². The van der Waals surface area contributed by atoms with Crippen molar-refractivity contribution in [2.24, 2.45) is 5.92 Å². The zero-order valence-electron chi connectivity index (χ0n) is 16.1. The molecule has 0 saturated carbocycles. The van der Waals surface area contributed by atoms with E-state index >= 15 is 0 Å². The quantitative estimate of drug-likeness (QED) is 0.697. The van der Waals surface area contributed by atoms with Crippen LogP contribution in [-0.2, 0) is 9.59 Å². The van der Waals surface area contributed by atoms with Crippen molar-refractivity contribution in [1.82, 2.24) is 10.2 Å². The third-order valence-corrected chi connectivity index (χ3v) is 5.71. The molecule has 1 atom stereocenters. The van der Waals surface area contributed by atoms with Crippen molar-refractivity contribution in [3.8, 4) is 0 Å². The Balaban J connectivity index is 1.93. The molecule has 0 radical (unpaired) electrons. The number of nitrogens with one attached hydrogen (secondary N) is 1. The third-order valence-electron chi connectivity index (χ3n) is 4.55. The Morgan fingerprint density at radius 3 is 2.41 bits per heavy atom. The molecule has 1 aliphatic rings. The van der Waals surface area contributed by atoms with Gasteiger partial charge in [-0.05, 0) is 37.8 Å². The monoisotopic (exact) mass is 392 g/mol. The molecule has 0 spiro atoms. The number of hydrogen-bond acceptors (Lipinski definition) is 4. The molecule has 2 N–H and O–H groups in total. The summed E-state index contributed by atoms with van der Waals surface area (Å²) < 4.78 is 0. The molecule has 1 heterocycles. The number of carboxylic acids is 1. The molecule has 1 aromatic rings. The number of carbonyl (C=O) groups excluding carboxylic acids is 2. The summed E-state index contributed by atoms with van der Waals surface area (Å²) >= 11 is 1.17. The van der Waals surface area contributed by atoms with Crippen LogP contribution in [0.4, 0.5) is 0 Å². The van der Waals surface area contributed by atoms with Gasteiger partial charge in [0.1, 0.15) is 5.25 Å². The first kappa shape index (κ1) is 21.3. The fourth-order valence-electron chi connectivity index (χ4n) is 3.01. The van der Waals surface area contributed by atoms with Crippen molar-refractivity contribution >= 4 is 29.5 Å². The molecule has 1 saturated heterocycles. The molecular formula is C20H28N2O4S. The molecule has 148 valence electrons. The summed E-state index contributed by atoms with van der Waals surface area (Å²) in [7, 11) is 0. The first-order chi connectivity index (χ1) is 12.8. The highest BCUT2D eigenvalue weighted by atomic mass is 32.2. The van der Waals surface area contributed by atoms with E-state index in [1.54, 1.807) is 31.2 Å². The minimum atomic E-state index is -0.909. The van der Waals surface area contributed by atoms with Crippen LogP contribution < -0.4 is 5.32 Å². The zero-order chi connectivity index (χ0) is 20.0. The lowest BCUT2D eigenvalue weighted by atomic mass is 10.0. The minimum Gasteiger partial charge on any atom is -0.480 e. The van der Waals surface area contributed by atoms with E-state index in [4.69, 9.17) is 5.11 Å². The lowest BCUT2D eigenvalue weighted by Crippen LogP contribution is -2.46. The molecule has 0 aromatic heterocycles. The standard InChI is InChI=1S/C20H28N2O4S/c1-13(2)12-18(23)22-10-8-15(9-11-22)21-19(24)16-6-4-5-7-17(16)27-14(3)20(25)26/h4-7,13-15H,8-12H2,1-3H3,(H,21,24)(H,25,26). The van der Waals surface area contributed by atoms with Gasteiger partial charge >= 0.3 is 5.97 Å². The summed E-state index contributed by atoms with van der Waals surface area (Å²) in [6.45, 7) is 6.98. The van der Waals surface area contributed by atoms with E-state index in [1.165, 1.54) is 11.8 Å². The topological polar surface area (TPSA) is 86.7 Å². The van der Waals surface area contributed by atoms with Crippen molar-refractivity contribution in [1.29, 1.82) is 0 Å². The largest absolute Gasteiger partial charge is 0.480 e. The van der Waals surface area contributed by atoms with Crippen molar-refractivity contribution in [2.45, 2.75) is 56.2 Å². The molecule has 2 rings (SSSR count). The van der Waals surface area contributed by atoms with Crippen molar-refractivity contribution < 1.29 is 19.5 Å². The first-order valence-electron chi connectivity index (χ1n) is 9.35. The van der Waals surface area contributed by atoms with Crippen LogP contribution in [0.3, 0.4) is 0 Å². The Bertz CT molecular complexity index is 684. The molecule has 2 amide bonds. The van der Waals surface area contributed by atoms with Crippen LogP contribution in [0, 0.1) is 5.92 Å². The number of aliphatic carboxylic acids is 1. The predicted molar refractivity (Wildman–Crippen MR) is 106 cm³/mol. The Kier molecular flexibility index (Phi) is 7.71. The highest BCUT2D eigenvalue weighted by Crippen LogP contribution is 2.27. The number of rotatable bonds is 7. The zero-order valence-corrected chi connectivity index (χ0v) is 16.9. The van der Waals surface area contributed by atoms with E-state index in [9.17, 15) is 14.4 Å². The molecule has 27 heavy (non-hydrogen) atoms. The van der Waals surface area contributed by atoms with Crippen LogP contribution in [0.2, 0.25) is 0 Å². The summed E-state index contributed by atoms with van der Waals surface area (Å²) in [6, 6.07) is 7.08. The lowest BCUT2D eigenvalue weighted by Gasteiger charge is -2.33. The first-order valence-corrected chi connectivity index (χ1v) is 10.2. The van der Waals surface area contributed by atoms with Gasteiger partial charge in [-0.25, -0.2) is 0 Å². The maximum absolute atomic E-state index is 12.7. The maximum Gasteiger partial charge on any atom is 0.316 e. The van der Waals surface area contributed by atoms with E-state index in [0.717, 1.165) is 12.8 Å². The maximum atomic E-state index is 12.7. The Morgan fingerprint density at radius 2 is 1.81 bits per heavy atom.